The van der Waals surface area contributed by atoms with Crippen LogP contribution in [0.15, 0.2) is 12.3 Å². The first-order valence-electron chi connectivity index (χ1n) is 6.20. The molecule has 0 spiro atoms. The highest BCUT2D eigenvalue weighted by molar-refractivity contribution is 5.95. The lowest BCUT2D eigenvalue weighted by Crippen LogP contribution is -2.50. The Labute approximate surface area is 111 Å². The molecule has 5 nitrogen and oxygen atoms in total. The molecule has 1 amide bonds. The van der Waals surface area contributed by atoms with Crippen LogP contribution in [0.1, 0.15) is 24.2 Å². The normalized spacial score (nSPS) is 18.2. The molecule has 2 heterocycles. The van der Waals surface area contributed by atoms with Gasteiger partial charge in [-0.25, -0.2) is 9.37 Å². The Morgan fingerprint density at radius 2 is 2.32 bits per heavy atom. The quantitative estimate of drug-likeness (QED) is 0.882. The number of hydrogen-bond acceptors (Lipinski definition) is 4. The number of aromatic nitrogens is 1. The van der Waals surface area contributed by atoms with Gasteiger partial charge in [0.1, 0.15) is 0 Å². The van der Waals surface area contributed by atoms with Crippen molar-refractivity contribution < 1.29 is 13.9 Å². The van der Waals surface area contributed by atoms with E-state index in [1.807, 2.05) is 13.8 Å². The Hall–Kier alpha value is -1.69. The van der Waals surface area contributed by atoms with Crippen molar-refractivity contribution in [2.75, 3.05) is 32.1 Å². The number of carbonyl (C=O) groups excluding carboxylic acids is 1. The molecular formula is C13H18FN3O2. The number of morpholine rings is 1. The van der Waals surface area contributed by atoms with Crippen molar-refractivity contribution >= 4 is 11.7 Å². The fourth-order valence-corrected chi connectivity index (χ4v) is 2.14. The van der Waals surface area contributed by atoms with Crippen LogP contribution in [-0.2, 0) is 4.74 Å². The summed E-state index contributed by atoms with van der Waals surface area (Å²) < 4.78 is 19.6. The Morgan fingerprint density at radius 1 is 1.58 bits per heavy atom. The minimum atomic E-state index is -0.612. The highest BCUT2D eigenvalue weighted by atomic mass is 19.1. The van der Waals surface area contributed by atoms with E-state index in [9.17, 15) is 9.18 Å². The summed E-state index contributed by atoms with van der Waals surface area (Å²) in [6.07, 6.45) is 1.42. The molecule has 2 rings (SSSR count). The van der Waals surface area contributed by atoms with Crippen LogP contribution in [0.3, 0.4) is 0 Å². The van der Waals surface area contributed by atoms with Gasteiger partial charge in [0, 0.05) is 26.3 Å². The van der Waals surface area contributed by atoms with Crippen molar-refractivity contribution in [2.24, 2.45) is 0 Å². The Morgan fingerprint density at radius 3 is 2.95 bits per heavy atom. The van der Waals surface area contributed by atoms with E-state index in [2.05, 4.69) is 10.3 Å². The molecule has 1 saturated heterocycles. The zero-order chi connectivity index (χ0) is 14.0. The number of amides is 1. The molecular weight excluding hydrogens is 249 g/mol. The van der Waals surface area contributed by atoms with E-state index in [0.717, 1.165) is 0 Å². The van der Waals surface area contributed by atoms with Gasteiger partial charge in [0.05, 0.1) is 17.8 Å². The zero-order valence-corrected chi connectivity index (χ0v) is 11.4. The van der Waals surface area contributed by atoms with E-state index < -0.39 is 11.4 Å². The van der Waals surface area contributed by atoms with Crippen molar-refractivity contribution in [1.29, 1.82) is 0 Å². The first-order chi connectivity index (χ1) is 8.94. The van der Waals surface area contributed by atoms with Crippen LogP contribution in [0.5, 0.6) is 0 Å². The average Bonchev–Trinajstić information content (AvgIpc) is 2.37. The zero-order valence-electron chi connectivity index (χ0n) is 11.4. The summed E-state index contributed by atoms with van der Waals surface area (Å²) >= 11 is 0. The summed E-state index contributed by atoms with van der Waals surface area (Å²) in [4.78, 5) is 17.8. The maximum absolute atomic E-state index is 14.1. The molecule has 0 atom stereocenters. The molecule has 104 valence electrons. The lowest BCUT2D eigenvalue weighted by molar-refractivity contribution is -0.0764. The molecule has 0 aromatic carbocycles. The summed E-state index contributed by atoms with van der Waals surface area (Å²) in [6, 6.07) is 1.40. The SMILES string of the molecule is CNc1nccc(C(=O)N2CCOC(C)(C)C2)c1F. The van der Waals surface area contributed by atoms with Crippen LogP contribution >= 0.6 is 0 Å². The van der Waals surface area contributed by atoms with Crippen LogP contribution in [0.2, 0.25) is 0 Å². The highest BCUT2D eigenvalue weighted by Crippen LogP contribution is 2.21. The molecule has 1 aromatic heterocycles. The lowest BCUT2D eigenvalue weighted by Gasteiger charge is -2.38. The number of hydrogen-bond donors (Lipinski definition) is 1. The van der Waals surface area contributed by atoms with E-state index in [0.29, 0.717) is 19.7 Å². The fraction of sp³-hybridized carbons (Fsp3) is 0.538. The third-order valence-corrected chi connectivity index (χ3v) is 3.07. The summed E-state index contributed by atoms with van der Waals surface area (Å²) in [5.41, 5.74) is -0.361. The average molecular weight is 267 g/mol. The second kappa shape index (κ2) is 5.13. The van der Waals surface area contributed by atoms with Crippen LogP contribution in [0.25, 0.3) is 0 Å². The van der Waals surface area contributed by atoms with E-state index in [-0.39, 0.29) is 17.3 Å². The van der Waals surface area contributed by atoms with Crippen molar-refractivity contribution in [1.82, 2.24) is 9.88 Å². The standard InChI is InChI=1S/C13H18FN3O2/c1-13(2)8-17(6-7-19-13)12(18)9-4-5-16-11(15-3)10(9)14/h4-5H,6-8H2,1-3H3,(H,15,16). The van der Waals surface area contributed by atoms with Crippen LogP contribution in [-0.4, -0.2) is 48.1 Å². The third-order valence-electron chi connectivity index (χ3n) is 3.07. The largest absolute Gasteiger partial charge is 0.372 e. The third kappa shape index (κ3) is 2.84. The Kier molecular flexibility index (Phi) is 3.71. The molecule has 1 N–H and O–H groups in total. The number of nitrogens with one attached hydrogen (secondary N) is 1. The molecule has 1 aromatic rings. The molecule has 0 radical (unpaired) electrons. The number of anilines is 1. The molecule has 0 saturated carbocycles. The van der Waals surface area contributed by atoms with Crippen molar-refractivity contribution in [2.45, 2.75) is 19.4 Å². The van der Waals surface area contributed by atoms with Crippen molar-refractivity contribution in [3.8, 4) is 0 Å². The van der Waals surface area contributed by atoms with Crippen molar-refractivity contribution in [3.05, 3.63) is 23.6 Å². The number of nitrogens with zero attached hydrogens (tertiary/aromatic N) is 2. The molecule has 1 fully saturated rings. The number of rotatable bonds is 2. The van der Waals surface area contributed by atoms with Gasteiger partial charge in [0.25, 0.3) is 5.91 Å². The monoisotopic (exact) mass is 267 g/mol. The summed E-state index contributed by atoms with van der Waals surface area (Å²) in [5, 5.41) is 2.63. The molecule has 0 aliphatic carbocycles. The van der Waals surface area contributed by atoms with E-state index in [1.165, 1.54) is 12.3 Å². The molecule has 19 heavy (non-hydrogen) atoms. The minimum absolute atomic E-state index is 0.0389. The molecule has 1 aliphatic heterocycles. The maximum atomic E-state index is 14.1. The molecule has 6 heteroatoms. The topological polar surface area (TPSA) is 54.5 Å². The first-order valence-corrected chi connectivity index (χ1v) is 6.20. The molecule has 1 aliphatic rings. The number of ether oxygens (including phenoxy) is 1. The van der Waals surface area contributed by atoms with Gasteiger partial charge in [-0.1, -0.05) is 0 Å². The van der Waals surface area contributed by atoms with Gasteiger partial charge in [-0.3, -0.25) is 4.79 Å². The second-order valence-electron chi connectivity index (χ2n) is 5.11. The van der Waals surface area contributed by atoms with Crippen LogP contribution in [0, 0.1) is 5.82 Å². The summed E-state index contributed by atoms with van der Waals surface area (Å²) in [7, 11) is 1.57. The van der Waals surface area contributed by atoms with Crippen LogP contribution in [0.4, 0.5) is 10.2 Å². The van der Waals surface area contributed by atoms with E-state index in [4.69, 9.17) is 4.74 Å². The van der Waals surface area contributed by atoms with Gasteiger partial charge >= 0.3 is 0 Å². The predicted octanol–water partition coefficient (Wildman–Crippen LogP) is 1.51. The van der Waals surface area contributed by atoms with Gasteiger partial charge in [-0.05, 0) is 19.9 Å². The minimum Gasteiger partial charge on any atom is -0.372 e. The van der Waals surface area contributed by atoms with Gasteiger partial charge < -0.3 is 15.0 Å². The highest BCUT2D eigenvalue weighted by Gasteiger charge is 2.31. The number of pyridine rings is 1. The first kappa shape index (κ1) is 13.7. The summed E-state index contributed by atoms with van der Waals surface area (Å²) in [6.45, 7) is 5.20. The Balaban J connectivity index is 2.25. The molecule has 0 bridgehead atoms. The predicted molar refractivity (Wildman–Crippen MR) is 69.7 cm³/mol. The van der Waals surface area contributed by atoms with Crippen molar-refractivity contribution in [3.63, 3.8) is 0 Å². The number of carbonyl (C=O) groups is 1. The van der Waals surface area contributed by atoms with Gasteiger partial charge in [-0.15, -0.1) is 0 Å². The Bertz CT molecular complexity index is 491. The van der Waals surface area contributed by atoms with Gasteiger partial charge in [-0.2, -0.15) is 0 Å². The van der Waals surface area contributed by atoms with E-state index >= 15 is 0 Å². The molecule has 0 unspecified atom stereocenters. The summed E-state index contributed by atoms with van der Waals surface area (Å²) in [5.74, 6) is -0.856. The smallest absolute Gasteiger partial charge is 0.257 e. The second-order valence-corrected chi connectivity index (χ2v) is 5.11. The fourth-order valence-electron chi connectivity index (χ4n) is 2.14. The van der Waals surface area contributed by atoms with E-state index in [1.54, 1.807) is 11.9 Å². The maximum Gasteiger partial charge on any atom is 0.257 e. The lowest BCUT2D eigenvalue weighted by atomic mass is 10.1. The van der Waals surface area contributed by atoms with Crippen LogP contribution < -0.4 is 5.32 Å². The van der Waals surface area contributed by atoms with Gasteiger partial charge in [0.2, 0.25) is 0 Å². The van der Waals surface area contributed by atoms with Gasteiger partial charge in [0.15, 0.2) is 11.6 Å². The number of halogens is 1.